The van der Waals surface area contributed by atoms with Crippen molar-refractivity contribution in [1.82, 2.24) is 4.57 Å². The molecule has 0 amide bonds. The first-order valence-corrected chi connectivity index (χ1v) is 11.5. The van der Waals surface area contributed by atoms with Crippen LogP contribution in [0.4, 0.5) is 5.69 Å². The van der Waals surface area contributed by atoms with E-state index in [0.29, 0.717) is 29.5 Å². The van der Waals surface area contributed by atoms with Crippen molar-refractivity contribution >= 4 is 45.1 Å². The van der Waals surface area contributed by atoms with Gasteiger partial charge in [0.25, 0.3) is 11.0 Å². The second-order valence-electron chi connectivity index (χ2n) is 7.12. The largest absolute Gasteiger partial charge is 0.427 e. The molecule has 0 radical (unpaired) electrons. The molecule has 2 aromatic carbocycles. The fourth-order valence-electron chi connectivity index (χ4n) is 3.41. The van der Waals surface area contributed by atoms with Gasteiger partial charge < -0.3 is 14.6 Å². The molecule has 0 aliphatic heterocycles. The third kappa shape index (κ3) is 6.72. The molecule has 1 unspecified atom stereocenters. The highest BCUT2D eigenvalue weighted by Crippen LogP contribution is 2.26. The first-order chi connectivity index (χ1) is 15.0. The number of rotatable bonds is 11. The number of hydrogen-bond acceptors (Lipinski definition) is 6. The molecule has 31 heavy (non-hydrogen) atoms. The fourth-order valence-corrected chi connectivity index (χ4v) is 3.71. The number of benzene rings is 2. The summed E-state index contributed by atoms with van der Waals surface area (Å²) in [4.78, 5) is 12.2. The van der Waals surface area contributed by atoms with Crippen molar-refractivity contribution in [3.63, 3.8) is 0 Å². The van der Waals surface area contributed by atoms with E-state index < -0.39 is 11.0 Å². The van der Waals surface area contributed by atoms with Crippen molar-refractivity contribution in [2.75, 3.05) is 12.0 Å². The highest BCUT2D eigenvalue weighted by atomic mass is 35.5. The predicted octanol–water partition coefficient (Wildman–Crippen LogP) is 4.62. The van der Waals surface area contributed by atoms with Gasteiger partial charge in [0.15, 0.2) is 0 Å². The maximum atomic E-state index is 12.2. The summed E-state index contributed by atoms with van der Waals surface area (Å²) in [7, 11) is -2.89. The molecule has 0 spiro atoms. The van der Waals surface area contributed by atoms with Gasteiger partial charge in [0.2, 0.25) is 0 Å². The molecule has 3 aromatic rings. The van der Waals surface area contributed by atoms with Crippen LogP contribution >= 0.6 is 11.6 Å². The van der Waals surface area contributed by atoms with Crippen molar-refractivity contribution in [2.24, 2.45) is 5.92 Å². The zero-order valence-corrected chi connectivity index (χ0v) is 18.8. The molecule has 0 aliphatic rings. The average Bonchev–Trinajstić information content (AvgIpc) is 3.16. The molecule has 3 rings (SSSR count). The van der Waals surface area contributed by atoms with E-state index in [2.05, 4.69) is 21.0 Å². The van der Waals surface area contributed by atoms with Crippen LogP contribution in [0.1, 0.15) is 26.2 Å². The Balaban J connectivity index is 1.59. The third-order valence-corrected chi connectivity index (χ3v) is 5.67. The topological polar surface area (TPSA) is 86.6 Å². The maximum Gasteiger partial charge on any atom is 0.311 e. The van der Waals surface area contributed by atoms with Crippen LogP contribution < -0.4 is 10.1 Å². The summed E-state index contributed by atoms with van der Waals surface area (Å²) in [6.07, 6.45) is 3.97. The lowest BCUT2D eigenvalue weighted by molar-refractivity contribution is -0.134. The summed E-state index contributed by atoms with van der Waals surface area (Å²) in [5.74, 6) is 0.531. The van der Waals surface area contributed by atoms with Crippen LogP contribution in [0, 0.1) is 5.92 Å². The monoisotopic (exact) mass is 464 g/mol. The van der Waals surface area contributed by atoms with Gasteiger partial charge in [-0.05, 0) is 54.8 Å². The molecule has 166 valence electrons. The number of carbonyl (C=O) groups excluding carboxylic acids is 1. The van der Waals surface area contributed by atoms with E-state index >= 15 is 0 Å². The number of nitrogens with zero attached hydrogens (tertiary/aromatic N) is 1. The Bertz CT molecular complexity index is 1090. The van der Waals surface area contributed by atoms with Gasteiger partial charge >= 0.3 is 5.97 Å². The van der Waals surface area contributed by atoms with Crippen molar-refractivity contribution in [3.8, 4) is 5.75 Å². The molecule has 1 aromatic heterocycles. The quantitative estimate of drug-likeness (QED) is 0.186. The molecule has 0 saturated carbocycles. The number of carbonyl (C=O) groups is 1. The van der Waals surface area contributed by atoms with Gasteiger partial charge in [0.1, 0.15) is 12.5 Å². The van der Waals surface area contributed by atoms with E-state index in [1.54, 1.807) is 24.3 Å². The van der Waals surface area contributed by atoms with Crippen LogP contribution in [0.25, 0.3) is 10.9 Å². The number of fused-ring (bicyclic) bond motifs is 1. The summed E-state index contributed by atoms with van der Waals surface area (Å²) < 4.78 is 33.2. The highest BCUT2D eigenvalue weighted by Gasteiger charge is 2.14. The molecule has 7 nitrogen and oxygen atoms in total. The Morgan fingerprint density at radius 2 is 1.94 bits per heavy atom. The number of hydrogen-bond donors (Lipinski definition) is 2. The number of esters is 1. The summed E-state index contributed by atoms with van der Waals surface area (Å²) in [5.41, 5.74) is 1.83. The standard InChI is InChI=1S/C22H25ClN2O5S/c1-2-16(6-11-22(26)30-18-9-7-17(23)8-10-18)14-25-13-12-19-20(4-3-5-21(19)25)24-15-29-31(27)28/h3-5,7-10,12-13,16,24,31H,2,6,11,14-15H2,1H3. The Morgan fingerprint density at radius 3 is 2.65 bits per heavy atom. The van der Waals surface area contributed by atoms with Crippen LogP contribution in [0.15, 0.2) is 54.7 Å². The van der Waals surface area contributed by atoms with E-state index in [0.717, 1.165) is 29.6 Å². The summed E-state index contributed by atoms with van der Waals surface area (Å²) in [6, 6.07) is 14.5. The van der Waals surface area contributed by atoms with E-state index in [1.807, 2.05) is 30.5 Å². The molecule has 0 saturated heterocycles. The summed E-state index contributed by atoms with van der Waals surface area (Å²) >= 11 is 5.85. The van der Waals surface area contributed by atoms with E-state index in [4.69, 9.17) is 16.3 Å². The van der Waals surface area contributed by atoms with Gasteiger partial charge in [-0.1, -0.05) is 31.0 Å². The minimum Gasteiger partial charge on any atom is -0.427 e. The average molecular weight is 465 g/mol. The van der Waals surface area contributed by atoms with Crippen molar-refractivity contribution in [3.05, 3.63) is 59.8 Å². The first kappa shape index (κ1) is 23.1. The predicted molar refractivity (Wildman–Crippen MR) is 122 cm³/mol. The van der Waals surface area contributed by atoms with E-state index in [-0.39, 0.29) is 12.7 Å². The minimum absolute atomic E-state index is 0.115. The Kier molecular flexibility index (Phi) is 8.34. The van der Waals surface area contributed by atoms with Crippen LogP contribution in [-0.4, -0.2) is 25.7 Å². The molecule has 9 heteroatoms. The molecule has 0 fully saturated rings. The maximum absolute atomic E-state index is 12.2. The number of ether oxygens (including phenoxy) is 1. The molecular formula is C22H25ClN2O5S. The van der Waals surface area contributed by atoms with Gasteiger partial charge in [-0.3, -0.25) is 8.98 Å². The second kappa shape index (κ2) is 11.2. The second-order valence-corrected chi connectivity index (χ2v) is 8.26. The van der Waals surface area contributed by atoms with Gasteiger partial charge in [0, 0.05) is 35.3 Å². The van der Waals surface area contributed by atoms with Gasteiger partial charge in [-0.15, -0.1) is 0 Å². The first-order valence-electron chi connectivity index (χ1n) is 10.0. The van der Waals surface area contributed by atoms with Gasteiger partial charge in [-0.2, -0.15) is 0 Å². The smallest absolute Gasteiger partial charge is 0.311 e. The lowest BCUT2D eigenvalue weighted by Crippen LogP contribution is -2.14. The Morgan fingerprint density at radius 1 is 1.16 bits per heavy atom. The van der Waals surface area contributed by atoms with Crippen LogP contribution in [0.2, 0.25) is 5.02 Å². The Labute approximate surface area is 188 Å². The van der Waals surface area contributed by atoms with E-state index in [1.165, 1.54) is 0 Å². The zero-order chi connectivity index (χ0) is 22.2. The lowest BCUT2D eigenvalue weighted by Gasteiger charge is -2.16. The van der Waals surface area contributed by atoms with Crippen molar-refractivity contribution in [2.45, 2.75) is 32.7 Å². The number of halogens is 1. The lowest BCUT2D eigenvalue weighted by atomic mass is 10.00. The van der Waals surface area contributed by atoms with Gasteiger partial charge in [-0.25, -0.2) is 8.42 Å². The summed E-state index contributed by atoms with van der Waals surface area (Å²) in [5, 5.41) is 4.55. The number of nitrogens with one attached hydrogen (secondary N) is 1. The van der Waals surface area contributed by atoms with E-state index in [9.17, 15) is 13.2 Å². The summed E-state index contributed by atoms with van der Waals surface area (Å²) in [6.45, 7) is 2.76. The van der Waals surface area contributed by atoms with Crippen molar-refractivity contribution < 1.29 is 22.1 Å². The van der Waals surface area contributed by atoms with Gasteiger partial charge in [0.05, 0.1) is 5.52 Å². The SMILES string of the molecule is CCC(CCC(=O)Oc1ccc(Cl)cc1)Cn1ccc2c(NCO[SH](=O)=O)cccc21. The van der Waals surface area contributed by atoms with Crippen LogP contribution in [0.5, 0.6) is 5.75 Å². The molecule has 0 aliphatic carbocycles. The zero-order valence-electron chi connectivity index (χ0n) is 17.1. The molecule has 0 bridgehead atoms. The molecule has 1 atom stereocenters. The molecule has 1 N–H and O–H groups in total. The van der Waals surface area contributed by atoms with Crippen LogP contribution in [-0.2, 0) is 26.5 Å². The number of aromatic nitrogens is 1. The number of anilines is 1. The minimum atomic E-state index is -2.89. The molecular weight excluding hydrogens is 440 g/mol. The highest BCUT2D eigenvalue weighted by molar-refractivity contribution is 7.67. The normalized spacial score (nSPS) is 12.2. The molecule has 1 heterocycles. The van der Waals surface area contributed by atoms with Crippen LogP contribution in [0.3, 0.4) is 0 Å². The third-order valence-electron chi connectivity index (χ3n) is 5.08. The number of thiol groups is 1. The fraction of sp³-hybridized carbons (Fsp3) is 0.318. The van der Waals surface area contributed by atoms with Crippen molar-refractivity contribution in [1.29, 1.82) is 0 Å². The Hall–Kier alpha value is -2.55.